The third-order valence-corrected chi connectivity index (χ3v) is 4.45. The van der Waals surface area contributed by atoms with Gasteiger partial charge in [-0.1, -0.05) is 30.7 Å². The van der Waals surface area contributed by atoms with Crippen LogP contribution < -0.4 is 10.9 Å². The third-order valence-electron chi connectivity index (χ3n) is 3.58. The zero-order valence-corrected chi connectivity index (χ0v) is 14.2. The van der Waals surface area contributed by atoms with Gasteiger partial charge in [0.15, 0.2) is 0 Å². The first-order valence-electron chi connectivity index (χ1n) is 7.75. The van der Waals surface area contributed by atoms with Crippen LogP contribution in [0.5, 0.6) is 0 Å². The first kappa shape index (κ1) is 17.4. The number of aromatic nitrogens is 3. The molecule has 3 rings (SSSR count). The standard InChI is InChI=1S/C16H16F2N4O2S/c1-2-4-9-7-13(24)22-16(20-9)25-15(21-22)19-8-12(23)14-10(17)5-3-6-11(14)18/h3,5-7,12,23H,2,4,8H2,1H3,(H,19,21). The van der Waals surface area contributed by atoms with Crippen molar-refractivity contribution in [2.45, 2.75) is 25.9 Å². The number of halogens is 2. The second-order valence-corrected chi connectivity index (χ2v) is 6.43. The van der Waals surface area contributed by atoms with E-state index in [4.69, 9.17) is 0 Å². The van der Waals surface area contributed by atoms with E-state index in [0.29, 0.717) is 22.2 Å². The Morgan fingerprint density at radius 1 is 1.36 bits per heavy atom. The molecule has 0 fully saturated rings. The number of fused-ring (bicyclic) bond motifs is 1. The molecule has 1 aromatic carbocycles. The van der Waals surface area contributed by atoms with Gasteiger partial charge in [0, 0.05) is 18.3 Å². The van der Waals surface area contributed by atoms with Crippen LogP contribution in [0.1, 0.15) is 30.7 Å². The van der Waals surface area contributed by atoms with E-state index in [-0.39, 0.29) is 12.1 Å². The van der Waals surface area contributed by atoms with Crippen molar-refractivity contribution in [3.63, 3.8) is 0 Å². The van der Waals surface area contributed by atoms with Gasteiger partial charge in [0.05, 0.1) is 5.56 Å². The summed E-state index contributed by atoms with van der Waals surface area (Å²) in [5.41, 5.74) is -0.00811. The van der Waals surface area contributed by atoms with E-state index in [2.05, 4.69) is 15.4 Å². The molecule has 2 aromatic heterocycles. The molecule has 0 saturated carbocycles. The molecule has 0 aliphatic heterocycles. The summed E-state index contributed by atoms with van der Waals surface area (Å²) < 4.78 is 28.5. The topological polar surface area (TPSA) is 79.5 Å². The molecule has 6 nitrogen and oxygen atoms in total. The number of hydrogen-bond donors (Lipinski definition) is 2. The Labute approximate surface area is 145 Å². The molecule has 0 aliphatic rings. The van der Waals surface area contributed by atoms with Gasteiger partial charge in [0.2, 0.25) is 10.1 Å². The summed E-state index contributed by atoms with van der Waals surface area (Å²) in [4.78, 5) is 16.8. The minimum absolute atomic E-state index is 0.158. The van der Waals surface area contributed by atoms with Crippen LogP contribution in [0, 0.1) is 11.6 Å². The van der Waals surface area contributed by atoms with Crippen LogP contribution >= 0.6 is 11.3 Å². The Hall–Kier alpha value is -2.39. The van der Waals surface area contributed by atoms with Gasteiger partial charge in [-0.2, -0.15) is 4.52 Å². The second kappa shape index (κ2) is 7.24. The monoisotopic (exact) mass is 366 g/mol. The van der Waals surface area contributed by atoms with Crippen LogP contribution in [0.4, 0.5) is 13.9 Å². The van der Waals surface area contributed by atoms with E-state index in [1.54, 1.807) is 0 Å². The Balaban J connectivity index is 1.79. The van der Waals surface area contributed by atoms with Gasteiger partial charge >= 0.3 is 0 Å². The van der Waals surface area contributed by atoms with Crippen LogP contribution in [0.3, 0.4) is 0 Å². The predicted octanol–water partition coefficient (Wildman–Crippen LogP) is 2.53. The van der Waals surface area contributed by atoms with Gasteiger partial charge in [-0.15, -0.1) is 5.10 Å². The summed E-state index contributed by atoms with van der Waals surface area (Å²) in [5, 5.41) is 17.2. The van der Waals surface area contributed by atoms with E-state index in [0.717, 1.165) is 34.4 Å². The number of hydrogen-bond acceptors (Lipinski definition) is 6. The smallest absolute Gasteiger partial charge is 0.275 e. The summed E-state index contributed by atoms with van der Waals surface area (Å²) in [7, 11) is 0. The predicted molar refractivity (Wildman–Crippen MR) is 90.9 cm³/mol. The summed E-state index contributed by atoms with van der Waals surface area (Å²) in [6.45, 7) is 1.83. The molecule has 0 aliphatic carbocycles. The Kier molecular flexibility index (Phi) is 5.05. The summed E-state index contributed by atoms with van der Waals surface area (Å²) >= 11 is 1.13. The fourth-order valence-corrected chi connectivity index (χ4v) is 3.26. The summed E-state index contributed by atoms with van der Waals surface area (Å²) in [6.07, 6.45) is 0.165. The number of aliphatic hydroxyl groups excluding tert-OH is 1. The van der Waals surface area contributed by atoms with Gasteiger partial charge in [0.25, 0.3) is 5.56 Å². The van der Waals surface area contributed by atoms with Crippen molar-refractivity contribution >= 4 is 21.4 Å². The minimum Gasteiger partial charge on any atom is -0.386 e. The van der Waals surface area contributed by atoms with Crippen molar-refractivity contribution in [1.29, 1.82) is 0 Å². The molecule has 3 aromatic rings. The van der Waals surface area contributed by atoms with Crippen LogP contribution in [-0.2, 0) is 6.42 Å². The zero-order chi connectivity index (χ0) is 18.0. The average molecular weight is 366 g/mol. The molecule has 2 N–H and O–H groups in total. The molecular formula is C16H16F2N4O2S. The molecule has 2 heterocycles. The third kappa shape index (κ3) is 3.67. The molecule has 0 amide bonds. The van der Waals surface area contributed by atoms with Gasteiger partial charge in [0.1, 0.15) is 17.7 Å². The normalized spacial score (nSPS) is 12.5. The number of rotatable bonds is 6. The Morgan fingerprint density at radius 2 is 2.08 bits per heavy atom. The SMILES string of the molecule is CCCc1cc(=O)n2nc(NCC(O)c3c(F)cccc3F)sc2n1. The number of aryl methyl sites for hydroxylation is 1. The number of anilines is 1. The quantitative estimate of drug-likeness (QED) is 0.701. The molecular weight excluding hydrogens is 350 g/mol. The molecule has 0 radical (unpaired) electrons. The molecule has 1 atom stereocenters. The summed E-state index contributed by atoms with van der Waals surface area (Å²) in [5.74, 6) is -1.64. The highest BCUT2D eigenvalue weighted by Gasteiger charge is 2.18. The molecule has 25 heavy (non-hydrogen) atoms. The molecule has 0 saturated heterocycles. The Morgan fingerprint density at radius 3 is 2.76 bits per heavy atom. The van der Waals surface area contributed by atoms with E-state index >= 15 is 0 Å². The summed E-state index contributed by atoms with van der Waals surface area (Å²) in [6, 6.07) is 4.83. The van der Waals surface area contributed by atoms with Gasteiger partial charge in [-0.3, -0.25) is 4.79 Å². The number of nitrogens with zero attached hydrogens (tertiary/aromatic N) is 3. The maximum atomic E-state index is 13.7. The van der Waals surface area contributed by atoms with Crippen molar-refractivity contribution in [1.82, 2.24) is 14.6 Å². The molecule has 132 valence electrons. The average Bonchev–Trinajstić information content (AvgIpc) is 2.97. The lowest BCUT2D eigenvalue weighted by Gasteiger charge is -2.12. The number of aliphatic hydroxyl groups is 1. The highest BCUT2D eigenvalue weighted by molar-refractivity contribution is 7.20. The van der Waals surface area contributed by atoms with E-state index < -0.39 is 23.3 Å². The highest BCUT2D eigenvalue weighted by atomic mass is 32.1. The fraction of sp³-hybridized carbons (Fsp3) is 0.312. The van der Waals surface area contributed by atoms with Crippen LogP contribution in [-0.4, -0.2) is 26.2 Å². The molecule has 1 unspecified atom stereocenters. The molecule has 0 spiro atoms. The lowest BCUT2D eigenvalue weighted by Crippen LogP contribution is -2.17. The minimum atomic E-state index is -1.39. The van der Waals surface area contributed by atoms with Gasteiger partial charge < -0.3 is 10.4 Å². The van der Waals surface area contributed by atoms with Crippen LogP contribution in [0.15, 0.2) is 29.1 Å². The second-order valence-electron chi connectivity index (χ2n) is 5.47. The molecule has 0 bridgehead atoms. The first-order valence-corrected chi connectivity index (χ1v) is 8.57. The largest absolute Gasteiger partial charge is 0.386 e. The van der Waals surface area contributed by atoms with E-state index in [1.165, 1.54) is 12.1 Å². The van der Waals surface area contributed by atoms with E-state index in [1.807, 2.05) is 6.92 Å². The van der Waals surface area contributed by atoms with Crippen molar-refractivity contribution in [2.75, 3.05) is 11.9 Å². The lowest BCUT2D eigenvalue weighted by atomic mass is 10.1. The first-order chi connectivity index (χ1) is 12.0. The van der Waals surface area contributed by atoms with Crippen LogP contribution in [0.2, 0.25) is 0 Å². The Bertz CT molecular complexity index is 937. The fourth-order valence-electron chi connectivity index (χ4n) is 2.43. The van der Waals surface area contributed by atoms with Crippen molar-refractivity contribution in [3.05, 3.63) is 57.5 Å². The zero-order valence-electron chi connectivity index (χ0n) is 13.4. The lowest BCUT2D eigenvalue weighted by molar-refractivity contribution is 0.181. The number of benzene rings is 1. The molecule has 9 heteroatoms. The maximum Gasteiger partial charge on any atom is 0.275 e. The van der Waals surface area contributed by atoms with Crippen molar-refractivity contribution in [2.24, 2.45) is 0 Å². The van der Waals surface area contributed by atoms with Crippen LogP contribution in [0.25, 0.3) is 4.96 Å². The van der Waals surface area contributed by atoms with E-state index in [9.17, 15) is 18.7 Å². The number of nitrogens with one attached hydrogen (secondary N) is 1. The van der Waals surface area contributed by atoms with Crippen molar-refractivity contribution in [3.8, 4) is 0 Å². The van der Waals surface area contributed by atoms with Crippen molar-refractivity contribution < 1.29 is 13.9 Å². The van der Waals surface area contributed by atoms with Gasteiger partial charge in [-0.05, 0) is 18.6 Å². The van der Waals surface area contributed by atoms with Gasteiger partial charge in [-0.25, -0.2) is 13.8 Å². The maximum absolute atomic E-state index is 13.7. The highest BCUT2D eigenvalue weighted by Crippen LogP contribution is 2.22.